The third-order valence-corrected chi connectivity index (χ3v) is 8.42. The Bertz CT molecular complexity index is 1670. The molecule has 266 valence electrons. The first-order valence-electron chi connectivity index (χ1n) is 17.1. The van der Waals surface area contributed by atoms with E-state index in [9.17, 15) is 28.8 Å². The lowest BCUT2D eigenvalue weighted by Crippen LogP contribution is -2.58. The van der Waals surface area contributed by atoms with E-state index in [-0.39, 0.29) is 43.7 Å². The molecule has 1 heterocycles. The molecule has 0 bridgehead atoms. The second-order valence-corrected chi connectivity index (χ2v) is 13.4. The third kappa shape index (κ3) is 10.9. The predicted octanol–water partition coefficient (Wildman–Crippen LogP) is 3.31. The normalized spacial score (nSPS) is 15.9. The number of carbonyl (C=O) groups is 6. The summed E-state index contributed by atoms with van der Waals surface area (Å²) in [6, 6.07) is 18.6. The summed E-state index contributed by atoms with van der Waals surface area (Å²) in [5.74, 6) is -3.95. The number of nitrogens with one attached hydrogen (secondary N) is 5. The number of amides is 5. The zero-order valence-corrected chi connectivity index (χ0v) is 29.0. The van der Waals surface area contributed by atoms with Gasteiger partial charge in [0.15, 0.2) is 0 Å². The fourth-order valence-electron chi connectivity index (χ4n) is 5.93. The molecular weight excluding hydrogens is 638 g/mol. The molecule has 50 heavy (non-hydrogen) atoms. The van der Waals surface area contributed by atoms with Crippen LogP contribution in [0.3, 0.4) is 0 Å². The molecule has 3 aromatic carbocycles. The van der Waals surface area contributed by atoms with Gasteiger partial charge < -0.3 is 31.3 Å². The lowest BCUT2D eigenvalue weighted by Gasteiger charge is -2.27. The summed E-state index contributed by atoms with van der Waals surface area (Å²) in [6.07, 6.45) is -0.131. The van der Waals surface area contributed by atoms with Crippen molar-refractivity contribution in [3.05, 3.63) is 83.9 Å². The van der Waals surface area contributed by atoms with E-state index < -0.39 is 53.6 Å². The zero-order valence-electron chi connectivity index (χ0n) is 29.0. The highest BCUT2D eigenvalue weighted by Crippen LogP contribution is 2.21. The Hall–Kier alpha value is -5.26. The fraction of sp³-hybridized carbons (Fsp3) is 0.421. The Morgan fingerprint density at radius 3 is 2.12 bits per heavy atom. The Labute approximate surface area is 292 Å². The zero-order chi connectivity index (χ0) is 36.2. The Kier molecular flexibility index (Phi) is 13.5. The Morgan fingerprint density at radius 1 is 0.780 bits per heavy atom. The molecule has 3 aromatic rings. The molecule has 1 aliphatic rings. The topological polar surface area (TPSA) is 172 Å². The largest absolute Gasteiger partial charge is 0.445 e. The molecule has 1 unspecified atom stereocenters. The molecule has 5 N–H and O–H groups in total. The number of Topliss-reactive ketones (excluding diaryl/α,β-unsaturated/α-hetero) is 1. The third-order valence-electron chi connectivity index (χ3n) is 8.42. The summed E-state index contributed by atoms with van der Waals surface area (Å²) in [4.78, 5) is 79.3. The van der Waals surface area contributed by atoms with E-state index in [2.05, 4.69) is 26.6 Å². The van der Waals surface area contributed by atoms with Gasteiger partial charge in [0.05, 0.1) is 6.04 Å². The maximum absolute atomic E-state index is 14.0. The van der Waals surface area contributed by atoms with E-state index >= 15 is 0 Å². The highest BCUT2D eigenvalue weighted by molar-refractivity contribution is 6.38. The van der Waals surface area contributed by atoms with Crippen LogP contribution in [0.1, 0.15) is 58.1 Å². The average molecular weight is 686 g/mol. The van der Waals surface area contributed by atoms with Crippen LogP contribution < -0.4 is 26.6 Å². The first-order valence-corrected chi connectivity index (χ1v) is 17.1. The molecule has 1 fully saturated rings. The average Bonchev–Trinajstić information content (AvgIpc) is 3.49. The minimum atomic E-state index is -1.29. The van der Waals surface area contributed by atoms with Gasteiger partial charge in [-0.3, -0.25) is 24.0 Å². The van der Waals surface area contributed by atoms with Crippen LogP contribution in [0.5, 0.6) is 0 Å². The Morgan fingerprint density at radius 2 is 1.44 bits per heavy atom. The lowest BCUT2D eigenvalue weighted by atomic mass is 9.94. The smallest absolute Gasteiger partial charge is 0.408 e. The SMILES string of the molecule is CC(C)C[C@@H](NC(=O)[C@H](Cc1cccc2ccccc12)NC(=O)OCc1ccccc1)C(=O)N[C@H](CC1CCNC1=O)C(=O)C(=O)NC(C)C. The fourth-order valence-corrected chi connectivity index (χ4v) is 5.93. The number of rotatable bonds is 16. The van der Waals surface area contributed by atoms with E-state index in [0.29, 0.717) is 13.0 Å². The van der Waals surface area contributed by atoms with Crippen LogP contribution >= 0.6 is 0 Å². The number of carbonyl (C=O) groups excluding carboxylic acids is 6. The molecular formula is C38H47N5O7. The van der Waals surface area contributed by atoms with Crippen molar-refractivity contribution < 1.29 is 33.5 Å². The van der Waals surface area contributed by atoms with E-state index in [4.69, 9.17) is 4.74 Å². The van der Waals surface area contributed by atoms with Crippen LogP contribution in [0.4, 0.5) is 4.79 Å². The van der Waals surface area contributed by atoms with Crippen molar-refractivity contribution in [1.82, 2.24) is 26.6 Å². The predicted molar refractivity (Wildman–Crippen MR) is 189 cm³/mol. The van der Waals surface area contributed by atoms with E-state index in [1.54, 1.807) is 13.8 Å². The molecule has 0 saturated carbocycles. The van der Waals surface area contributed by atoms with E-state index in [0.717, 1.165) is 21.9 Å². The lowest BCUT2D eigenvalue weighted by molar-refractivity contribution is -0.141. The number of alkyl carbamates (subject to hydrolysis) is 1. The van der Waals surface area contributed by atoms with Gasteiger partial charge in [0.2, 0.25) is 23.5 Å². The van der Waals surface area contributed by atoms with Crippen molar-refractivity contribution in [1.29, 1.82) is 0 Å². The molecule has 4 atom stereocenters. The summed E-state index contributed by atoms with van der Waals surface area (Å²) in [7, 11) is 0. The van der Waals surface area contributed by atoms with Gasteiger partial charge in [-0.05, 0) is 60.9 Å². The van der Waals surface area contributed by atoms with Gasteiger partial charge in [-0.1, -0.05) is 86.6 Å². The van der Waals surface area contributed by atoms with E-state index in [1.807, 2.05) is 86.6 Å². The summed E-state index contributed by atoms with van der Waals surface area (Å²) >= 11 is 0. The van der Waals surface area contributed by atoms with Gasteiger partial charge in [-0.15, -0.1) is 0 Å². The van der Waals surface area contributed by atoms with Crippen molar-refractivity contribution in [2.45, 2.75) is 84.2 Å². The number of ketones is 1. The summed E-state index contributed by atoms with van der Waals surface area (Å²) < 4.78 is 5.43. The van der Waals surface area contributed by atoms with E-state index in [1.165, 1.54) is 0 Å². The van der Waals surface area contributed by atoms with Gasteiger partial charge in [-0.25, -0.2) is 4.79 Å². The second kappa shape index (κ2) is 17.9. The van der Waals surface area contributed by atoms with Gasteiger partial charge >= 0.3 is 6.09 Å². The second-order valence-electron chi connectivity index (χ2n) is 13.4. The molecule has 0 radical (unpaired) electrons. The number of ether oxygens (including phenoxy) is 1. The van der Waals surface area contributed by atoms with Gasteiger partial charge in [-0.2, -0.15) is 0 Å². The van der Waals surface area contributed by atoms with Crippen LogP contribution in [0.2, 0.25) is 0 Å². The molecule has 0 aromatic heterocycles. The molecule has 1 saturated heterocycles. The van der Waals surface area contributed by atoms with Crippen molar-refractivity contribution in [2.24, 2.45) is 11.8 Å². The minimum absolute atomic E-state index is 0.00746. The minimum Gasteiger partial charge on any atom is -0.445 e. The van der Waals surface area contributed by atoms with Crippen LogP contribution in [0, 0.1) is 11.8 Å². The highest BCUT2D eigenvalue weighted by atomic mass is 16.5. The standard InChI is InChI=1S/C38H47N5O7/c1-23(2)19-31(35(46)41-30(21-28-17-18-39-34(28)45)33(44)37(48)40-24(3)4)42-36(47)32(43-38(49)50-22-25-11-6-5-7-12-25)20-27-15-10-14-26-13-8-9-16-29(26)27/h5-16,23-24,28,30-32H,17-22H2,1-4H3,(H,39,45)(H,40,48)(H,41,46)(H,42,47)(H,43,49)/t28?,30-,31-,32+/m1/s1. The first-order chi connectivity index (χ1) is 23.9. The monoisotopic (exact) mass is 685 g/mol. The summed E-state index contributed by atoms with van der Waals surface area (Å²) in [5.41, 5.74) is 1.57. The van der Waals surface area contributed by atoms with Gasteiger partial charge in [0.1, 0.15) is 18.7 Å². The molecule has 1 aliphatic heterocycles. The number of hydrogen-bond donors (Lipinski definition) is 5. The van der Waals surface area contributed by atoms with Crippen molar-refractivity contribution in [3.8, 4) is 0 Å². The van der Waals surface area contributed by atoms with Crippen molar-refractivity contribution in [2.75, 3.05) is 6.54 Å². The first kappa shape index (κ1) is 37.6. The van der Waals surface area contributed by atoms with Gasteiger partial charge in [0, 0.05) is 24.9 Å². The Balaban J connectivity index is 1.56. The van der Waals surface area contributed by atoms with Crippen molar-refractivity contribution >= 4 is 46.3 Å². The molecule has 0 spiro atoms. The quantitative estimate of drug-likeness (QED) is 0.144. The molecule has 12 heteroatoms. The number of benzene rings is 3. The number of hydrogen-bond acceptors (Lipinski definition) is 7. The molecule has 5 amide bonds. The summed E-state index contributed by atoms with van der Waals surface area (Å²) in [6.45, 7) is 7.59. The van der Waals surface area contributed by atoms with Crippen LogP contribution in [-0.4, -0.2) is 66.2 Å². The molecule has 12 nitrogen and oxygen atoms in total. The molecule has 4 rings (SSSR count). The van der Waals surface area contributed by atoms with Crippen molar-refractivity contribution in [3.63, 3.8) is 0 Å². The number of fused-ring (bicyclic) bond motifs is 1. The summed E-state index contributed by atoms with van der Waals surface area (Å²) in [5, 5.41) is 15.3. The van der Waals surface area contributed by atoms with Gasteiger partial charge in [0.25, 0.3) is 5.91 Å². The van der Waals surface area contributed by atoms with Crippen LogP contribution in [0.15, 0.2) is 72.8 Å². The molecule has 0 aliphatic carbocycles. The van der Waals surface area contributed by atoms with Crippen LogP contribution in [0.25, 0.3) is 10.8 Å². The van der Waals surface area contributed by atoms with Crippen LogP contribution in [-0.2, 0) is 41.7 Å². The highest BCUT2D eigenvalue weighted by Gasteiger charge is 2.36. The maximum atomic E-state index is 14.0. The maximum Gasteiger partial charge on any atom is 0.408 e.